The number of hydrogen-bond donors (Lipinski definition) is 1. The number of nitriles is 1. The van der Waals surface area contributed by atoms with Crippen molar-refractivity contribution in [3.8, 4) is 6.07 Å². The monoisotopic (exact) mass is 243 g/mol. The molecule has 2 aromatic rings. The van der Waals surface area contributed by atoms with Crippen LogP contribution in [0.5, 0.6) is 0 Å². The normalized spacial score (nSPS) is 10.2. The predicted octanol–water partition coefficient (Wildman–Crippen LogP) is 1.71. The lowest BCUT2D eigenvalue weighted by Crippen LogP contribution is -2.24. The van der Waals surface area contributed by atoms with Crippen LogP contribution in [0.15, 0.2) is 22.6 Å². The predicted molar refractivity (Wildman–Crippen MR) is 65.7 cm³/mol. The molecule has 0 aliphatic carbocycles. The van der Waals surface area contributed by atoms with Crippen molar-refractivity contribution < 1.29 is 9.21 Å². The number of amides is 1. The standard InChI is InChI=1S/C13H13N3O2/c1-9-16-11-8-10(2-3-12(11)18-9)5-7-15-13(17)4-6-14/h2-3,8H,4-5,7H2,1H3,(H,15,17). The highest BCUT2D eigenvalue weighted by Gasteiger charge is 2.04. The first-order valence-electron chi connectivity index (χ1n) is 5.69. The zero-order valence-corrected chi connectivity index (χ0v) is 10.1. The third kappa shape index (κ3) is 2.86. The van der Waals surface area contributed by atoms with Crippen LogP contribution in [0.1, 0.15) is 17.9 Å². The van der Waals surface area contributed by atoms with Gasteiger partial charge in [-0.2, -0.15) is 5.26 Å². The smallest absolute Gasteiger partial charge is 0.234 e. The maximum absolute atomic E-state index is 11.1. The molecule has 5 heteroatoms. The molecule has 0 fully saturated rings. The molecular formula is C13H13N3O2. The number of nitrogens with zero attached hydrogens (tertiary/aromatic N) is 2. The molecule has 0 aliphatic rings. The summed E-state index contributed by atoms with van der Waals surface area (Å²) in [7, 11) is 0. The molecule has 0 atom stereocenters. The second kappa shape index (κ2) is 5.32. The van der Waals surface area contributed by atoms with Crippen molar-refractivity contribution >= 4 is 17.0 Å². The molecule has 0 radical (unpaired) electrons. The number of aryl methyl sites for hydroxylation is 1. The Morgan fingerprint density at radius 2 is 2.39 bits per heavy atom. The molecule has 0 saturated carbocycles. The highest BCUT2D eigenvalue weighted by molar-refractivity contribution is 5.78. The van der Waals surface area contributed by atoms with E-state index in [1.165, 1.54) is 0 Å². The Labute approximate surface area is 104 Å². The van der Waals surface area contributed by atoms with E-state index >= 15 is 0 Å². The van der Waals surface area contributed by atoms with Gasteiger partial charge in [0.2, 0.25) is 5.91 Å². The van der Waals surface area contributed by atoms with Crippen molar-refractivity contribution in [2.75, 3.05) is 6.54 Å². The molecule has 1 N–H and O–H groups in total. The van der Waals surface area contributed by atoms with Gasteiger partial charge in [0, 0.05) is 13.5 Å². The van der Waals surface area contributed by atoms with E-state index in [-0.39, 0.29) is 12.3 Å². The van der Waals surface area contributed by atoms with Crippen molar-refractivity contribution in [2.24, 2.45) is 0 Å². The Morgan fingerprint density at radius 3 is 3.17 bits per heavy atom. The summed E-state index contributed by atoms with van der Waals surface area (Å²) in [6.07, 6.45) is 0.612. The van der Waals surface area contributed by atoms with Crippen LogP contribution in [-0.2, 0) is 11.2 Å². The van der Waals surface area contributed by atoms with Crippen LogP contribution in [-0.4, -0.2) is 17.4 Å². The van der Waals surface area contributed by atoms with Gasteiger partial charge in [-0.25, -0.2) is 4.98 Å². The van der Waals surface area contributed by atoms with Crippen LogP contribution in [0.4, 0.5) is 0 Å². The van der Waals surface area contributed by atoms with Crippen molar-refractivity contribution in [2.45, 2.75) is 19.8 Å². The number of carbonyl (C=O) groups is 1. The van der Waals surface area contributed by atoms with Gasteiger partial charge < -0.3 is 9.73 Å². The summed E-state index contributed by atoms with van der Waals surface area (Å²) in [5.41, 5.74) is 2.67. The van der Waals surface area contributed by atoms with Crippen LogP contribution >= 0.6 is 0 Å². The Balaban J connectivity index is 1.95. The zero-order valence-electron chi connectivity index (χ0n) is 10.1. The number of benzene rings is 1. The minimum absolute atomic E-state index is 0.0957. The lowest BCUT2D eigenvalue weighted by molar-refractivity contribution is -0.120. The molecule has 0 aliphatic heterocycles. The minimum Gasteiger partial charge on any atom is -0.441 e. The largest absolute Gasteiger partial charge is 0.441 e. The molecule has 0 spiro atoms. The molecule has 1 heterocycles. The topological polar surface area (TPSA) is 78.9 Å². The SMILES string of the molecule is Cc1nc2cc(CCNC(=O)CC#N)ccc2o1. The van der Waals surface area contributed by atoms with Gasteiger partial charge in [-0.15, -0.1) is 0 Å². The van der Waals surface area contributed by atoms with Crippen LogP contribution in [0.25, 0.3) is 11.1 Å². The van der Waals surface area contributed by atoms with Gasteiger partial charge in [-0.05, 0) is 24.1 Å². The Kier molecular flexibility index (Phi) is 3.58. The van der Waals surface area contributed by atoms with Crippen molar-refractivity contribution in [1.29, 1.82) is 5.26 Å². The minimum atomic E-state index is -0.240. The number of fused-ring (bicyclic) bond motifs is 1. The molecular weight excluding hydrogens is 230 g/mol. The summed E-state index contributed by atoms with van der Waals surface area (Å²) in [6.45, 7) is 2.32. The number of nitrogens with one attached hydrogen (secondary N) is 1. The third-order valence-electron chi connectivity index (χ3n) is 2.53. The summed E-state index contributed by atoms with van der Waals surface area (Å²) in [4.78, 5) is 15.3. The van der Waals surface area contributed by atoms with Crippen LogP contribution in [0.3, 0.4) is 0 Å². The number of hydrogen-bond acceptors (Lipinski definition) is 4. The van der Waals surface area contributed by atoms with E-state index in [4.69, 9.17) is 9.68 Å². The fourth-order valence-electron chi connectivity index (χ4n) is 1.72. The van der Waals surface area contributed by atoms with Crippen LogP contribution in [0, 0.1) is 18.3 Å². The Hall–Kier alpha value is -2.35. The van der Waals surface area contributed by atoms with Gasteiger partial charge in [0.25, 0.3) is 0 Å². The van der Waals surface area contributed by atoms with Crippen molar-refractivity contribution in [3.05, 3.63) is 29.7 Å². The lowest BCUT2D eigenvalue weighted by atomic mass is 10.1. The highest BCUT2D eigenvalue weighted by atomic mass is 16.3. The molecule has 1 amide bonds. The second-order valence-corrected chi connectivity index (χ2v) is 3.97. The molecule has 0 saturated heterocycles. The molecule has 2 rings (SSSR count). The molecule has 1 aromatic carbocycles. The first-order valence-corrected chi connectivity index (χ1v) is 5.69. The molecule has 0 bridgehead atoms. The number of oxazole rings is 1. The summed E-state index contributed by atoms with van der Waals surface area (Å²) in [5, 5.41) is 11.0. The zero-order chi connectivity index (χ0) is 13.0. The molecule has 18 heavy (non-hydrogen) atoms. The van der Waals surface area contributed by atoms with Gasteiger partial charge >= 0.3 is 0 Å². The summed E-state index contributed by atoms with van der Waals surface area (Å²) >= 11 is 0. The van der Waals surface area contributed by atoms with E-state index < -0.39 is 0 Å². The summed E-state index contributed by atoms with van der Waals surface area (Å²) < 4.78 is 5.38. The molecule has 0 unspecified atom stereocenters. The van der Waals surface area contributed by atoms with E-state index in [2.05, 4.69) is 10.3 Å². The fourth-order valence-corrected chi connectivity index (χ4v) is 1.72. The van der Waals surface area contributed by atoms with E-state index in [1.807, 2.05) is 31.2 Å². The average Bonchev–Trinajstić information content (AvgIpc) is 2.69. The van der Waals surface area contributed by atoms with Gasteiger partial charge in [-0.1, -0.05) is 6.07 Å². The van der Waals surface area contributed by atoms with E-state index in [0.29, 0.717) is 18.9 Å². The quantitative estimate of drug-likeness (QED) is 0.886. The van der Waals surface area contributed by atoms with Gasteiger partial charge in [0.05, 0.1) is 6.07 Å². The maximum Gasteiger partial charge on any atom is 0.234 e. The molecule has 92 valence electrons. The second-order valence-electron chi connectivity index (χ2n) is 3.97. The highest BCUT2D eigenvalue weighted by Crippen LogP contribution is 2.16. The van der Waals surface area contributed by atoms with E-state index in [1.54, 1.807) is 0 Å². The van der Waals surface area contributed by atoms with Gasteiger partial charge in [0.1, 0.15) is 11.9 Å². The average molecular weight is 243 g/mol. The van der Waals surface area contributed by atoms with Crippen molar-refractivity contribution in [3.63, 3.8) is 0 Å². The third-order valence-corrected chi connectivity index (χ3v) is 2.53. The number of rotatable bonds is 4. The first kappa shape index (κ1) is 12.1. The van der Waals surface area contributed by atoms with Gasteiger partial charge in [0.15, 0.2) is 11.5 Å². The van der Waals surface area contributed by atoms with Crippen LogP contribution < -0.4 is 5.32 Å². The molecule has 1 aromatic heterocycles. The maximum atomic E-state index is 11.1. The van der Waals surface area contributed by atoms with Crippen LogP contribution in [0.2, 0.25) is 0 Å². The lowest BCUT2D eigenvalue weighted by Gasteiger charge is -2.02. The summed E-state index contributed by atoms with van der Waals surface area (Å²) in [6, 6.07) is 7.58. The molecule has 5 nitrogen and oxygen atoms in total. The first-order chi connectivity index (χ1) is 8.69. The fraction of sp³-hybridized carbons (Fsp3) is 0.308. The number of carbonyl (C=O) groups excluding carboxylic acids is 1. The van der Waals surface area contributed by atoms with Crippen molar-refractivity contribution in [1.82, 2.24) is 10.3 Å². The van der Waals surface area contributed by atoms with E-state index in [0.717, 1.165) is 16.7 Å². The van der Waals surface area contributed by atoms with Gasteiger partial charge in [-0.3, -0.25) is 4.79 Å². The Morgan fingerprint density at radius 1 is 1.56 bits per heavy atom. The number of aromatic nitrogens is 1. The Bertz CT molecular complexity index is 610. The van der Waals surface area contributed by atoms with E-state index in [9.17, 15) is 4.79 Å². The summed E-state index contributed by atoms with van der Waals surface area (Å²) in [5.74, 6) is 0.403.